The number of ether oxygens (including phenoxy) is 3. The minimum absolute atomic E-state index is 0.0903. The molecule has 3 aliphatic rings. The van der Waals surface area contributed by atoms with Crippen LogP contribution >= 0.6 is 24.0 Å². The molecular formula is C26H26N4O5S2. The summed E-state index contributed by atoms with van der Waals surface area (Å²) in [6, 6.07) is 7.64. The molecule has 192 valence electrons. The van der Waals surface area contributed by atoms with Gasteiger partial charge in [-0.15, -0.1) is 0 Å². The number of rotatable bonds is 6. The van der Waals surface area contributed by atoms with Gasteiger partial charge in [-0.05, 0) is 42.7 Å². The van der Waals surface area contributed by atoms with Crippen LogP contribution in [0.25, 0.3) is 6.08 Å². The van der Waals surface area contributed by atoms with Crippen molar-refractivity contribution < 1.29 is 19.0 Å². The van der Waals surface area contributed by atoms with Gasteiger partial charge in [0.25, 0.3) is 11.5 Å². The van der Waals surface area contributed by atoms with Gasteiger partial charge >= 0.3 is 0 Å². The first-order chi connectivity index (χ1) is 17.9. The van der Waals surface area contributed by atoms with Crippen LogP contribution in [0.5, 0.6) is 11.5 Å². The van der Waals surface area contributed by atoms with E-state index in [0.29, 0.717) is 77.1 Å². The summed E-state index contributed by atoms with van der Waals surface area (Å²) in [4.78, 5) is 30.9. The number of carbonyl (C=O) groups excluding carboxylic acids is 1. The number of nitrogens with zero attached hydrogens (tertiary/aromatic N) is 4. The molecular weight excluding hydrogens is 512 g/mol. The van der Waals surface area contributed by atoms with Crippen LogP contribution in [0.2, 0.25) is 0 Å². The maximum Gasteiger partial charge on any atom is 0.270 e. The molecule has 0 N–H and O–H groups in total. The van der Waals surface area contributed by atoms with E-state index in [9.17, 15) is 14.9 Å². The summed E-state index contributed by atoms with van der Waals surface area (Å²) in [7, 11) is 0. The number of hydrogen-bond donors (Lipinski definition) is 0. The third kappa shape index (κ3) is 4.72. The van der Waals surface area contributed by atoms with E-state index in [1.54, 1.807) is 22.5 Å². The Bertz CT molecular complexity index is 1410. The van der Waals surface area contributed by atoms with Crippen molar-refractivity contribution in [3.05, 3.63) is 55.7 Å². The summed E-state index contributed by atoms with van der Waals surface area (Å²) in [5.74, 6) is 1.82. The topological polar surface area (TPSA) is 97.0 Å². The molecule has 0 radical (unpaired) electrons. The Balaban J connectivity index is 1.55. The Morgan fingerprint density at radius 2 is 1.95 bits per heavy atom. The van der Waals surface area contributed by atoms with Gasteiger partial charge in [-0.1, -0.05) is 37.0 Å². The summed E-state index contributed by atoms with van der Waals surface area (Å²) in [6.07, 6.45) is 2.51. The van der Waals surface area contributed by atoms with Crippen LogP contribution in [0.3, 0.4) is 0 Å². The smallest absolute Gasteiger partial charge is 0.270 e. The molecule has 0 spiro atoms. The normalized spacial score (nSPS) is 18.1. The third-order valence-electron chi connectivity index (χ3n) is 6.53. The minimum atomic E-state index is -0.309. The lowest BCUT2D eigenvalue weighted by molar-refractivity contribution is -0.122. The quantitative estimate of drug-likeness (QED) is 0.405. The Labute approximate surface area is 224 Å². The molecule has 9 nitrogen and oxygen atoms in total. The number of fused-ring (bicyclic) bond motifs is 1. The zero-order valence-corrected chi connectivity index (χ0v) is 22.2. The number of thioether (sulfide) groups is 1. The Morgan fingerprint density at radius 1 is 1.19 bits per heavy atom. The van der Waals surface area contributed by atoms with Crippen molar-refractivity contribution in [3.8, 4) is 17.6 Å². The zero-order valence-electron chi connectivity index (χ0n) is 20.6. The molecule has 5 rings (SSSR count). The molecule has 1 aromatic carbocycles. The first-order valence-electron chi connectivity index (χ1n) is 12.1. The van der Waals surface area contributed by atoms with Crippen LogP contribution in [0.1, 0.15) is 35.6 Å². The molecule has 0 bridgehead atoms. The van der Waals surface area contributed by atoms with Crippen LogP contribution in [0.15, 0.2) is 27.9 Å². The molecule has 2 fully saturated rings. The highest BCUT2D eigenvalue weighted by atomic mass is 32.2. The van der Waals surface area contributed by atoms with Crippen molar-refractivity contribution in [3.63, 3.8) is 0 Å². The second-order valence-corrected chi connectivity index (χ2v) is 10.5. The molecule has 0 atom stereocenters. The lowest BCUT2D eigenvalue weighted by Crippen LogP contribution is -2.41. The van der Waals surface area contributed by atoms with Crippen molar-refractivity contribution in [2.75, 3.05) is 38.0 Å². The highest BCUT2D eigenvalue weighted by Crippen LogP contribution is 2.38. The third-order valence-corrected chi connectivity index (χ3v) is 7.91. The molecule has 2 saturated heterocycles. The zero-order chi connectivity index (χ0) is 26.1. The van der Waals surface area contributed by atoms with Gasteiger partial charge in [0.1, 0.15) is 21.8 Å². The molecule has 2 aromatic rings. The summed E-state index contributed by atoms with van der Waals surface area (Å²) < 4.78 is 18.5. The number of benzene rings is 1. The van der Waals surface area contributed by atoms with Gasteiger partial charge in [0, 0.05) is 25.2 Å². The van der Waals surface area contributed by atoms with E-state index < -0.39 is 0 Å². The van der Waals surface area contributed by atoms with Crippen molar-refractivity contribution >= 4 is 46.1 Å². The number of carbonyl (C=O) groups is 1. The Hall–Kier alpha value is -3.33. The van der Waals surface area contributed by atoms with E-state index >= 15 is 0 Å². The van der Waals surface area contributed by atoms with Gasteiger partial charge in [-0.3, -0.25) is 19.1 Å². The lowest BCUT2D eigenvalue weighted by Gasteiger charge is -2.33. The number of aromatic nitrogens is 1. The maximum atomic E-state index is 13.5. The number of anilines is 1. The monoisotopic (exact) mass is 538 g/mol. The molecule has 11 heteroatoms. The van der Waals surface area contributed by atoms with E-state index in [4.69, 9.17) is 26.4 Å². The second-order valence-electron chi connectivity index (χ2n) is 8.86. The number of hydrogen-bond acceptors (Lipinski definition) is 9. The van der Waals surface area contributed by atoms with E-state index in [2.05, 4.69) is 11.0 Å². The second kappa shape index (κ2) is 10.6. The molecule has 0 unspecified atom stereocenters. The summed E-state index contributed by atoms with van der Waals surface area (Å²) in [5.41, 5.74) is 1.90. The fourth-order valence-corrected chi connectivity index (χ4v) is 5.92. The van der Waals surface area contributed by atoms with Gasteiger partial charge in [0.05, 0.1) is 24.7 Å². The Kier molecular flexibility index (Phi) is 7.24. The van der Waals surface area contributed by atoms with Crippen molar-refractivity contribution in [1.29, 1.82) is 5.26 Å². The first-order valence-corrected chi connectivity index (χ1v) is 13.3. The lowest BCUT2D eigenvalue weighted by atomic mass is 10.0. The van der Waals surface area contributed by atoms with Crippen LogP contribution in [-0.2, 0) is 22.6 Å². The molecule has 3 aliphatic heterocycles. The van der Waals surface area contributed by atoms with Crippen LogP contribution in [-0.4, -0.2) is 52.8 Å². The highest BCUT2D eigenvalue weighted by Gasteiger charge is 2.34. The fourth-order valence-electron chi connectivity index (χ4n) is 4.68. The first kappa shape index (κ1) is 25.3. The van der Waals surface area contributed by atoms with Gasteiger partial charge in [0.15, 0.2) is 11.5 Å². The van der Waals surface area contributed by atoms with Crippen LogP contribution in [0.4, 0.5) is 5.82 Å². The number of amides is 1. The molecule has 1 aromatic heterocycles. The molecule has 1 amide bonds. The average molecular weight is 539 g/mol. The SMILES string of the molecule is CCCn1c(N2CCOCC2)c(/C=C2\SC(=S)N(Cc3ccc4c(c3)OCO4)C2=O)c(C)c(C#N)c1=O. The minimum Gasteiger partial charge on any atom is -0.454 e. The Morgan fingerprint density at radius 3 is 2.68 bits per heavy atom. The summed E-state index contributed by atoms with van der Waals surface area (Å²) in [6.45, 7) is 6.99. The molecule has 4 heterocycles. The molecule has 37 heavy (non-hydrogen) atoms. The number of nitriles is 1. The van der Waals surface area contributed by atoms with Crippen molar-refractivity contribution in [1.82, 2.24) is 9.47 Å². The van der Waals surface area contributed by atoms with Crippen molar-refractivity contribution in [2.45, 2.75) is 33.4 Å². The van der Waals surface area contributed by atoms with Gasteiger partial charge in [-0.25, -0.2) is 0 Å². The summed E-state index contributed by atoms with van der Waals surface area (Å²) in [5, 5.41) is 9.81. The highest BCUT2D eigenvalue weighted by molar-refractivity contribution is 8.26. The number of pyridine rings is 1. The average Bonchev–Trinajstić information content (AvgIpc) is 3.47. The van der Waals surface area contributed by atoms with E-state index in [0.717, 1.165) is 12.0 Å². The number of thiocarbonyl (C=S) groups is 1. The van der Waals surface area contributed by atoms with Gasteiger partial charge < -0.3 is 19.1 Å². The van der Waals surface area contributed by atoms with E-state index in [-0.39, 0.29) is 23.8 Å². The molecule has 0 saturated carbocycles. The van der Waals surface area contributed by atoms with Gasteiger partial charge in [0.2, 0.25) is 6.79 Å². The molecule has 0 aliphatic carbocycles. The van der Waals surface area contributed by atoms with E-state index in [1.807, 2.05) is 25.1 Å². The predicted octanol–water partition coefficient (Wildman–Crippen LogP) is 3.41. The largest absolute Gasteiger partial charge is 0.454 e. The maximum absolute atomic E-state index is 13.5. The van der Waals surface area contributed by atoms with Crippen molar-refractivity contribution in [2.24, 2.45) is 0 Å². The van der Waals surface area contributed by atoms with Gasteiger partial charge in [-0.2, -0.15) is 5.26 Å². The van der Waals surface area contributed by atoms with Crippen LogP contribution < -0.4 is 19.9 Å². The number of morpholine rings is 1. The standard InChI is InChI=1S/C26H26N4O5S2/c1-3-6-29-23(28-7-9-33-10-8-28)18(16(2)19(13-27)24(29)31)12-22-25(32)30(26(36)37-22)14-17-4-5-20-21(11-17)35-15-34-20/h4-5,11-12H,3,6-10,14-15H2,1-2H3/b22-12-. The fraction of sp³-hybridized carbons (Fsp3) is 0.385. The summed E-state index contributed by atoms with van der Waals surface area (Å²) >= 11 is 6.80. The van der Waals surface area contributed by atoms with Crippen LogP contribution in [0, 0.1) is 18.3 Å². The predicted molar refractivity (Wildman–Crippen MR) is 145 cm³/mol. The van der Waals surface area contributed by atoms with E-state index in [1.165, 1.54) is 11.8 Å².